The number of hydrogen-bond acceptors (Lipinski definition) is 2. The molecule has 1 aliphatic rings. The van der Waals surface area contributed by atoms with E-state index in [0.29, 0.717) is 38.6 Å². The van der Waals surface area contributed by atoms with E-state index in [1.165, 1.54) is 4.90 Å². The van der Waals surface area contributed by atoms with Crippen LogP contribution in [0.15, 0.2) is 29.5 Å². The molecular formula is C15H25F3IN5. The van der Waals surface area contributed by atoms with E-state index in [-0.39, 0.29) is 30.0 Å². The predicted molar refractivity (Wildman–Crippen MR) is 99.9 cm³/mol. The molecule has 1 fully saturated rings. The van der Waals surface area contributed by atoms with Crippen molar-refractivity contribution in [2.24, 2.45) is 4.99 Å². The summed E-state index contributed by atoms with van der Waals surface area (Å²) in [5.74, 6) is 0.665. The summed E-state index contributed by atoms with van der Waals surface area (Å²) < 4.78 is 39.3. The normalized spacial score (nSPS) is 19.2. The maximum atomic E-state index is 12.4. The van der Waals surface area contributed by atoms with E-state index in [1.807, 2.05) is 36.0 Å². The molecular weight excluding hydrogens is 434 g/mol. The molecule has 24 heavy (non-hydrogen) atoms. The second kappa shape index (κ2) is 10.1. The summed E-state index contributed by atoms with van der Waals surface area (Å²) in [5.41, 5.74) is 0. The van der Waals surface area contributed by atoms with Crippen molar-refractivity contribution in [1.29, 1.82) is 0 Å². The van der Waals surface area contributed by atoms with Gasteiger partial charge in [-0.15, -0.1) is 24.0 Å². The Balaban J connectivity index is 0.00000288. The molecule has 2 heterocycles. The SMILES string of the molecule is CCNC(=NCCn1cccc1)NC1CCN(CC(F)(F)F)C1.I. The molecule has 1 atom stereocenters. The number of aromatic nitrogens is 1. The topological polar surface area (TPSA) is 44.6 Å². The maximum absolute atomic E-state index is 12.4. The minimum atomic E-state index is -4.13. The molecule has 1 aliphatic heterocycles. The molecule has 0 aliphatic carbocycles. The zero-order valence-electron chi connectivity index (χ0n) is 13.7. The number of likely N-dealkylation sites (tertiary alicyclic amines) is 1. The highest BCUT2D eigenvalue weighted by Gasteiger charge is 2.34. The van der Waals surface area contributed by atoms with Crippen molar-refractivity contribution < 1.29 is 13.2 Å². The van der Waals surface area contributed by atoms with Gasteiger partial charge in [-0.2, -0.15) is 13.2 Å². The number of hydrogen-bond donors (Lipinski definition) is 2. The summed E-state index contributed by atoms with van der Waals surface area (Å²) in [6.07, 6.45) is 0.506. The third-order valence-electron chi connectivity index (χ3n) is 3.65. The Morgan fingerprint density at radius 2 is 2.00 bits per heavy atom. The Bertz CT molecular complexity index is 490. The summed E-state index contributed by atoms with van der Waals surface area (Å²) in [4.78, 5) is 5.92. The van der Waals surface area contributed by atoms with Gasteiger partial charge in [0.1, 0.15) is 0 Å². The van der Waals surface area contributed by atoms with Crippen LogP contribution in [0.2, 0.25) is 0 Å². The van der Waals surface area contributed by atoms with Crippen LogP contribution in [0.1, 0.15) is 13.3 Å². The first-order chi connectivity index (χ1) is 11.0. The Hall–Kier alpha value is -0.970. The number of rotatable bonds is 6. The summed E-state index contributed by atoms with van der Waals surface area (Å²) in [7, 11) is 0. The Labute approximate surface area is 157 Å². The van der Waals surface area contributed by atoms with Gasteiger partial charge in [0, 0.05) is 44.6 Å². The first kappa shape index (κ1) is 21.1. The summed E-state index contributed by atoms with van der Waals surface area (Å²) in [5, 5.41) is 6.37. The monoisotopic (exact) mass is 459 g/mol. The number of alkyl halides is 3. The first-order valence-electron chi connectivity index (χ1n) is 7.91. The van der Waals surface area contributed by atoms with Crippen molar-refractivity contribution >= 4 is 29.9 Å². The maximum Gasteiger partial charge on any atom is 0.401 e. The second-order valence-electron chi connectivity index (χ2n) is 5.66. The molecule has 0 spiro atoms. The smallest absolute Gasteiger partial charge is 0.357 e. The lowest BCUT2D eigenvalue weighted by atomic mass is 10.3. The number of nitrogens with zero attached hydrogens (tertiary/aromatic N) is 3. The zero-order valence-corrected chi connectivity index (χ0v) is 16.1. The fourth-order valence-corrected chi connectivity index (χ4v) is 2.66. The van der Waals surface area contributed by atoms with E-state index in [9.17, 15) is 13.2 Å². The lowest BCUT2D eigenvalue weighted by Crippen LogP contribution is -2.45. The van der Waals surface area contributed by atoms with Crippen molar-refractivity contribution in [3.8, 4) is 0 Å². The highest BCUT2D eigenvalue weighted by Crippen LogP contribution is 2.19. The van der Waals surface area contributed by atoms with Gasteiger partial charge in [0.2, 0.25) is 0 Å². The van der Waals surface area contributed by atoms with Gasteiger partial charge in [-0.05, 0) is 25.5 Å². The summed E-state index contributed by atoms with van der Waals surface area (Å²) in [6.45, 7) is 4.08. The molecule has 9 heteroatoms. The number of aliphatic imine (C=N–C) groups is 1. The average molecular weight is 459 g/mol. The molecule has 1 aromatic rings. The van der Waals surface area contributed by atoms with Crippen LogP contribution in [-0.2, 0) is 6.54 Å². The van der Waals surface area contributed by atoms with Crippen LogP contribution >= 0.6 is 24.0 Å². The molecule has 1 saturated heterocycles. The van der Waals surface area contributed by atoms with Gasteiger partial charge in [0.15, 0.2) is 5.96 Å². The van der Waals surface area contributed by atoms with Crippen molar-refractivity contribution in [2.45, 2.75) is 32.1 Å². The molecule has 0 radical (unpaired) electrons. The van der Waals surface area contributed by atoms with E-state index < -0.39 is 12.7 Å². The molecule has 1 aromatic heterocycles. The Kier molecular flexibility index (Phi) is 8.88. The Morgan fingerprint density at radius 1 is 1.29 bits per heavy atom. The lowest BCUT2D eigenvalue weighted by Gasteiger charge is -2.19. The van der Waals surface area contributed by atoms with Gasteiger partial charge in [-0.25, -0.2) is 0 Å². The first-order valence-corrected chi connectivity index (χ1v) is 7.91. The average Bonchev–Trinajstić information content (AvgIpc) is 3.09. The molecule has 0 bridgehead atoms. The second-order valence-corrected chi connectivity index (χ2v) is 5.66. The summed E-state index contributed by atoms with van der Waals surface area (Å²) >= 11 is 0. The minimum Gasteiger partial charge on any atom is -0.357 e. The van der Waals surface area contributed by atoms with Crippen molar-refractivity contribution in [3.63, 3.8) is 0 Å². The van der Waals surface area contributed by atoms with E-state index in [2.05, 4.69) is 15.6 Å². The molecule has 0 amide bonds. The van der Waals surface area contributed by atoms with E-state index in [4.69, 9.17) is 0 Å². The van der Waals surface area contributed by atoms with Crippen LogP contribution in [0, 0.1) is 0 Å². The van der Waals surface area contributed by atoms with Crippen LogP contribution in [0.3, 0.4) is 0 Å². The van der Waals surface area contributed by atoms with Gasteiger partial charge in [0.25, 0.3) is 0 Å². The van der Waals surface area contributed by atoms with E-state index in [1.54, 1.807) is 0 Å². The molecule has 1 unspecified atom stereocenters. The molecule has 2 rings (SSSR count). The minimum absolute atomic E-state index is 0. The zero-order chi connectivity index (χ0) is 16.7. The van der Waals surface area contributed by atoms with Crippen molar-refractivity contribution in [3.05, 3.63) is 24.5 Å². The summed E-state index contributed by atoms with van der Waals surface area (Å²) in [6, 6.07) is 3.92. The molecule has 0 aromatic carbocycles. The number of halogens is 4. The largest absolute Gasteiger partial charge is 0.401 e. The third kappa shape index (κ3) is 7.73. The lowest BCUT2D eigenvalue weighted by molar-refractivity contribution is -0.143. The third-order valence-corrected chi connectivity index (χ3v) is 3.65. The van der Waals surface area contributed by atoms with Gasteiger partial charge in [-0.3, -0.25) is 9.89 Å². The van der Waals surface area contributed by atoms with Crippen LogP contribution in [0.4, 0.5) is 13.2 Å². The molecule has 2 N–H and O–H groups in total. The molecule has 0 saturated carbocycles. The highest BCUT2D eigenvalue weighted by atomic mass is 127. The fourth-order valence-electron chi connectivity index (χ4n) is 2.66. The van der Waals surface area contributed by atoms with Crippen LogP contribution < -0.4 is 10.6 Å². The molecule has 5 nitrogen and oxygen atoms in total. The highest BCUT2D eigenvalue weighted by molar-refractivity contribution is 14.0. The van der Waals surface area contributed by atoms with Crippen molar-refractivity contribution in [1.82, 2.24) is 20.1 Å². The van der Waals surface area contributed by atoms with Crippen molar-refractivity contribution in [2.75, 3.05) is 32.7 Å². The van der Waals surface area contributed by atoms with Crippen LogP contribution in [0.25, 0.3) is 0 Å². The molecule has 138 valence electrons. The predicted octanol–water partition coefficient (Wildman–Crippen LogP) is 2.30. The fraction of sp³-hybridized carbons (Fsp3) is 0.667. The number of guanidine groups is 1. The number of nitrogens with one attached hydrogen (secondary N) is 2. The van der Waals surface area contributed by atoms with E-state index >= 15 is 0 Å². The van der Waals surface area contributed by atoms with E-state index in [0.717, 1.165) is 6.54 Å². The van der Waals surface area contributed by atoms with Gasteiger partial charge >= 0.3 is 6.18 Å². The van der Waals surface area contributed by atoms with Crippen LogP contribution in [-0.4, -0.2) is 60.4 Å². The van der Waals surface area contributed by atoms with Crippen LogP contribution in [0.5, 0.6) is 0 Å². The van der Waals surface area contributed by atoms with Gasteiger partial charge < -0.3 is 15.2 Å². The van der Waals surface area contributed by atoms with Gasteiger partial charge in [0.05, 0.1) is 13.1 Å². The Morgan fingerprint density at radius 3 is 2.62 bits per heavy atom. The quantitative estimate of drug-likeness (QED) is 0.390. The van der Waals surface area contributed by atoms with Gasteiger partial charge in [-0.1, -0.05) is 0 Å². The standard InChI is InChI=1S/C15H24F3N5.HI/c1-2-19-14(20-6-10-22-7-3-4-8-22)21-13-5-9-23(11-13)12-15(16,17)18;/h3-4,7-8,13H,2,5-6,9-12H2,1H3,(H2,19,20,21);1H.